The molecule has 0 unspecified atom stereocenters. The number of nitrogens with zero attached hydrogens (tertiary/aromatic N) is 1. The number of allylic oxidation sites excluding steroid dienone is 1. The topological polar surface area (TPSA) is 40.9 Å². The minimum Gasteiger partial charge on any atom is -0.232 e. The molecule has 70 valence electrons. The molecule has 1 aromatic carbocycles. The highest BCUT2D eigenvalue weighted by atomic mass is 35.5. The molecule has 14 heavy (non-hydrogen) atoms. The third-order valence-corrected chi connectivity index (χ3v) is 2.36. The zero-order valence-corrected chi connectivity index (χ0v) is 8.56. The molecule has 2 nitrogen and oxygen atoms in total. The van der Waals surface area contributed by atoms with Crippen LogP contribution in [0.15, 0.2) is 23.8 Å². The average Bonchev–Trinajstić information content (AvgIpc) is 2.19. The van der Waals surface area contributed by atoms with Crippen molar-refractivity contribution in [3.8, 4) is 6.07 Å². The fourth-order valence-corrected chi connectivity index (χ4v) is 1.27. The Morgan fingerprint density at radius 1 is 1.36 bits per heavy atom. The van der Waals surface area contributed by atoms with Crippen molar-refractivity contribution in [1.29, 1.82) is 5.26 Å². The van der Waals surface area contributed by atoms with Gasteiger partial charge in [-0.2, -0.15) is 5.26 Å². The van der Waals surface area contributed by atoms with Gasteiger partial charge in [0.25, 0.3) is 0 Å². The van der Waals surface area contributed by atoms with E-state index in [1.807, 2.05) is 0 Å². The SMILES string of the molecule is N#CC(=C=O)Cc1ccc(Cl)c(Cl)c1. The van der Waals surface area contributed by atoms with Crippen LogP contribution in [0.5, 0.6) is 0 Å². The van der Waals surface area contributed by atoms with Crippen LogP contribution in [0.1, 0.15) is 5.56 Å². The summed E-state index contributed by atoms with van der Waals surface area (Å²) < 4.78 is 0. The quantitative estimate of drug-likeness (QED) is 0.574. The van der Waals surface area contributed by atoms with Crippen molar-refractivity contribution in [3.63, 3.8) is 0 Å². The maximum Gasteiger partial charge on any atom is 0.139 e. The Kier molecular flexibility index (Phi) is 3.73. The fraction of sp³-hybridized carbons (Fsp3) is 0.100. The number of hydrogen-bond acceptors (Lipinski definition) is 2. The van der Waals surface area contributed by atoms with Crippen molar-refractivity contribution in [2.75, 3.05) is 0 Å². The molecule has 4 heteroatoms. The first-order valence-corrected chi connectivity index (χ1v) is 4.51. The van der Waals surface area contributed by atoms with Gasteiger partial charge < -0.3 is 0 Å². The predicted molar refractivity (Wildman–Crippen MR) is 55.0 cm³/mol. The molecule has 0 radical (unpaired) electrons. The van der Waals surface area contributed by atoms with Gasteiger partial charge in [0.05, 0.1) is 10.0 Å². The van der Waals surface area contributed by atoms with Gasteiger partial charge in [-0.1, -0.05) is 29.3 Å². The lowest BCUT2D eigenvalue weighted by Gasteiger charge is -1.99. The Bertz CT molecular complexity index is 442. The van der Waals surface area contributed by atoms with Gasteiger partial charge >= 0.3 is 0 Å². The van der Waals surface area contributed by atoms with Crippen LogP contribution in [0.3, 0.4) is 0 Å². The van der Waals surface area contributed by atoms with E-state index < -0.39 is 0 Å². The minimum absolute atomic E-state index is 0.0448. The van der Waals surface area contributed by atoms with Crippen LogP contribution < -0.4 is 0 Å². The first kappa shape index (κ1) is 10.8. The molecule has 1 aromatic rings. The van der Waals surface area contributed by atoms with Crippen LogP contribution in [-0.2, 0) is 11.2 Å². The van der Waals surface area contributed by atoms with Crippen LogP contribution in [0.2, 0.25) is 10.0 Å². The van der Waals surface area contributed by atoms with Gasteiger partial charge in [-0.3, -0.25) is 0 Å². The molecule has 0 saturated carbocycles. The second-order valence-electron chi connectivity index (χ2n) is 2.62. The van der Waals surface area contributed by atoms with E-state index in [-0.39, 0.29) is 12.0 Å². The van der Waals surface area contributed by atoms with Gasteiger partial charge in [-0.05, 0) is 17.7 Å². The number of halogens is 2. The second-order valence-corrected chi connectivity index (χ2v) is 3.43. The summed E-state index contributed by atoms with van der Waals surface area (Å²) in [5, 5.41) is 9.36. The zero-order valence-electron chi connectivity index (χ0n) is 7.05. The van der Waals surface area contributed by atoms with Crippen molar-refractivity contribution >= 4 is 29.1 Å². The summed E-state index contributed by atoms with van der Waals surface area (Å²) in [6.07, 6.45) is 0.233. The molecule has 0 amide bonds. The summed E-state index contributed by atoms with van der Waals surface area (Å²) in [5.74, 6) is 1.56. The first-order valence-electron chi connectivity index (χ1n) is 3.75. The van der Waals surface area contributed by atoms with Crippen molar-refractivity contribution in [2.45, 2.75) is 6.42 Å². The molecule has 0 aliphatic carbocycles. The maximum absolute atomic E-state index is 10.2. The molecular weight excluding hydrogens is 221 g/mol. The molecule has 0 aliphatic rings. The van der Waals surface area contributed by atoms with Crippen molar-refractivity contribution in [3.05, 3.63) is 39.4 Å². The van der Waals surface area contributed by atoms with Gasteiger partial charge in [0.2, 0.25) is 0 Å². The highest BCUT2D eigenvalue weighted by molar-refractivity contribution is 6.42. The molecule has 0 aromatic heterocycles. The number of nitriles is 1. The molecule has 0 fully saturated rings. The normalized spacial score (nSPS) is 8.93. The summed E-state index contributed by atoms with van der Waals surface area (Å²) in [6, 6.07) is 6.71. The molecule has 0 atom stereocenters. The highest BCUT2D eigenvalue weighted by Gasteiger charge is 2.02. The van der Waals surface area contributed by atoms with Crippen molar-refractivity contribution in [2.24, 2.45) is 0 Å². The van der Waals surface area contributed by atoms with Gasteiger partial charge in [-0.25, -0.2) is 4.79 Å². The summed E-state index contributed by atoms with van der Waals surface area (Å²) in [5.41, 5.74) is 0.808. The largest absolute Gasteiger partial charge is 0.232 e. The second kappa shape index (κ2) is 4.83. The Hall–Kier alpha value is -1.26. The van der Waals surface area contributed by atoms with Crippen LogP contribution in [0.4, 0.5) is 0 Å². The fourth-order valence-electron chi connectivity index (χ4n) is 0.952. The average molecular weight is 226 g/mol. The Balaban J connectivity index is 2.95. The summed E-state index contributed by atoms with van der Waals surface area (Å²) in [4.78, 5) is 10.2. The molecule has 0 heterocycles. The minimum atomic E-state index is 0.0448. The highest BCUT2D eigenvalue weighted by Crippen LogP contribution is 2.23. The number of rotatable bonds is 2. The van der Waals surface area contributed by atoms with Gasteiger partial charge in [-0.15, -0.1) is 0 Å². The van der Waals surface area contributed by atoms with Crippen molar-refractivity contribution in [1.82, 2.24) is 0 Å². The van der Waals surface area contributed by atoms with Crippen molar-refractivity contribution < 1.29 is 4.79 Å². The standard InChI is InChI=1S/C10H5Cl2NO/c11-9-2-1-7(4-10(9)12)3-8(5-13)6-14/h1-2,4H,3H2. The maximum atomic E-state index is 10.2. The monoisotopic (exact) mass is 225 g/mol. The third-order valence-electron chi connectivity index (χ3n) is 1.62. The molecule has 0 saturated heterocycles. The van der Waals surface area contributed by atoms with E-state index >= 15 is 0 Å². The lowest BCUT2D eigenvalue weighted by Crippen LogP contribution is -1.89. The molecule has 0 bridgehead atoms. The lowest BCUT2D eigenvalue weighted by atomic mass is 10.1. The summed E-state index contributed by atoms with van der Waals surface area (Å²) >= 11 is 11.5. The van der Waals surface area contributed by atoms with Gasteiger partial charge in [0.1, 0.15) is 17.6 Å². The van der Waals surface area contributed by atoms with Crippen LogP contribution in [0, 0.1) is 11.3 Å². The van der Waals surface area contributed by atoms with E-state index in [0.717, 1.165) is 5.56 Å². The van der Waals surface area contributed by atoms with E-state index in [2.05, 4.69) is 0 Å². The third kappa shape index (κ3) is 2.61. The first-order chi connectivity index (χ1) is 6.67. The van der Waals surface area contributed by atoms with E-state index in [1.165, 1.54) is 0 Å². The van der Waals surface area contributed by atoms with Gasteiger partial charge in [0.15, 0.2) is 0 Å². The Morgan fingerprint density at radius 2 is 2.07 bits per heavy atom. The van der Waals surface area contributed by atoms with Crippen LogP contribution in [-0.4, -0.2) is 5.94 Å². The van der Waals surface area contributed by atoms with Gasteiger partial charge in [0, 0.05) is 6.42 Å². The number of hydrogen-bond donors (Lipinski definition) is 0. The molecule has 0 spiro atoms. The van der Waals surface area contributed by atoms with Crippen LogP contribution >= 0.6 is 23.2 Å². The smallest absolute Gasteiger partial charge is 0.139 e. The van der Waals surface area contributed by atoms with Crippen LogP contribution in [0.25, 0.3) is 0 Å². The summed E-state index contributed by atoms with van der Waals surface area (Å²) in [6.45, 7) is 0. The number of carbonyl (C=O) groups excluding carboxylic acids is 1. The summed E-state index contributed by atoms with van der Waals surface area (Å²) in [7, 11) is 0. The zero-order chi connectivity index (χ0) is 10.6. The van der Waals surface area contributed by atoms with E-state index in [1.54, 1.807) is 30.2 Å². The molecular formula is C10H5Cl2NO. The molecule has 0 aliphatic heterocycles. The van der Waals surface area contributed by atoms with E-state index in [9.17, 15) is 4.79 Å². The van der Waals surface area contributed by atoms with E-state index in [0.29, 0.717) is 10.0 Å². The molecule has 1 rings (SSSR count). The Labute approximate surface area is 91.4 Å². The Morgan fingerprint density at radius 3 is 2.57 bits per heavy atom. The number of benzene rings is 1. The van der Waals surface area contributed by atoms with E-state index in [4.69, 9.17) is 28.5 Å². The predicted octanol–water partition coefficient (Wildman–Crippen LogP) is 2.82. The lowest BCUT2D eigenvalue weighted by molar-refractivity contribution is 0.567. The molecule has 0 N–H and O–H groups in total.